The highest BCUT2D eigenvalue weighted by Gasteiger charge is 2.55. The number of rotatable bonds is 1. The Bertz CT molecular complexity index is 212. The molecule has 0 saturated heterocycles. The average Bonchev–Trinajstić information content (AvgIpc) is 2.13. The van der Waals surface area contributed by atoms with Crippen molar-refractivity contribution in [2.75, 3.05) is 6.61 Å². The zero-order chi connectivity index (χ0) is 9.05. The second-order valence-corrected chi connectivity index (χ2v) is 5.57. The van der Waals surface area contributed by atoms with Crippen LogP contribution in [0.3, 0.4) is 0 Å². The van der Waals surface area contributed by atoms with Crippen LogP contribution in [0.1, 0.15) is 32.1 Å². The van der Waals surface area contributed by atoms with E-state index in [1.54, 1.807) is 0 Å². The summed E-state index contributed by atoms with van der Waals surface area (Å²) in [5, 5.41) is 9.40. The van der Waals surface area contributed by atoms with Gasteiger partial charge in [-0.25, -0.2) is 4.39 Å². The van der Waals surface area contributed by atoms with Crippen molar-refractivity contribution in [1.29, 1.82) is 0 Å². The predicted octanol–water partition coefficient (Wildman–Crippen LogP) is 2.14. The van der Waals surface area contributed by atoms with Gasteiger partial charge in [-0.1, -0.05) is 0 Å². The maximum atomic E-state index is 13.7. The minimum Gasteiger partial charge on any atom is -0.396 e. The highest BCUT2D eigenvalue weighted by molar-refractivity contribution is 5.04. The van der Waals surface area contributed by atoms with Crippen molar-refractivity contribution in [3.8, 4) is 0 Å². The van der Waals surface area contributed by atoms with Crippen LogP contribution in [0.5, 0.6) is 0 Å². The standard InChI is InChI=1S/C11H17FO/c12-10-8-1-7-2-9(10)5-11(3-7,4-8)6-13/h7-10,13H,1-6H2. The van der Waals surface area contributed by atoms with Crippen LogP contribution in [0.4, 0.5) is 4.39 Å². The van der Waals surface area contributed by atoms with Gasteiger partial charge < -0.3 is 5.11 Å². The monoisotopic (exact) mass is 184 g/mol. The van der Waals surface area contributed by atoms with Gasteiger partial charge in [-0.2, -0.15) is 0 Å². The fraction of sp³-hybridized carbons (Fsp3) is 1.00. The zero-order valence-corrected chi connectivity index (χ0v) is 7.88. The zero-order valence-electron chi connectivity index (χ0n) is 7.88. The van der Waals surface area contributed by atoms with Crippen LogP contribution in [-0.2, 0) is 0 Å². The molecule has 0 radical (unpaired) electrons. The summed E-state index contributed by atoms with van der Waals surface area (Å²) in [6.07, 6.45) is 4.73. The molecule has 0 amide bonds. The Hall–Kier alpha value is -0.110. The summed E-state index contributed by atoms with van der Waals surface area (Å²) in [6.45, 7) is 0.295. The average molecular weight is 184 g/mol. The molecule has 1 N–H and O–H groups in total. The number of aliphatic hydroxyl groups is 1. The maximum absolute atomic E-state index is 13.7. The number of aliphatic hydroxyl groups excluding tert-OH is 1. The van der Waals surface area contributed by atoms with E-state index in [0.717, 1.165) is 31.6 Å². The summed E-state index contributed by atoms with van der Waals surface area (Å²) in [6, 6.07) is 0. The SMILES string of the molecule is OCC12CC3CC(C1)C(F)C(C3)C2. The van der Waals surface area contributed by atoms with E-state index in [9.17, 15) is 9.50 Å². The number of alkyl halides is 1. The molecule has 4 bridgehead atoms. The minimum atomic E-state index is -0.545. The molecule has 4 fully saturated rings. The van der Waals surface area contributed by atoms with Gasteiger partial charge in [0.1, 0.15) is 6.17 Å². The normalized spacial score (nSPS) is 58.6. The number of hydrogen-bond donors (Lipinski definition) is 1. The molecule has 4 aliphatic rings. The van der Waals surface area contributed by atoms with Crippen LogP contribution in [0.25, 0.3) is 0 Å². The summed E-state index contributed by atoms with van der Waals surface area (Å²) in [5.74, 6) is 1.31. The molecule has 0 aliphatic heterocycles. The predicted molar refractivity (Wildman–Crippen MR) is 48.0 cm³/mol. The molecule has 74 valence electrons. The Morgan fingerprint density at radius 3 is 2.31 bits per heavy atom. The van der Waals surface area contributed by atoms with Gasteiger partial charge in [0.25, 0.3) is 0 Å². The first-order chi connectivity index (χ1) is 6.22. The van der Waals surface area contributed by atoms with Crippen molar-refractivity contribution in [3.05, 3.63) is 0 Å². The molecule has 0 heterocycles. The first-order valence-corrected chi connectivity index (χ1v) is 5.47. The van der Waals surface area contributed by atoms with Crippen molar-refractivity contribution in [2.45, 2.75) is 38.3 Å². The van der Waals surface area contributed by atoms with Crippen LogP contribution >= 0.6 is 0 Å². The molecule has 0 aromatic rings. The lowest BCUT2D eigenvalue weighted by atomic mass is 9.49. The van der Waals surface area contributed by atoms with E-state index < -0.39 is 6.17 Å². The fourth-order valence-electron chi connectivity index (χ4n) is 4.32. The van der Waals surface area contributed by atoms with Gasteiger partial charge in [-0.3, -0.25) is 0 Å². The molecule has 2 heteroatoms. The summed E-state index contributed by atoms with van der Waals surface area (Å²) in [4.78, 5) is 0. The molecule has 4 aliphatic carbocycles. The van der Waals surface area contributed by atoms with Crippen molar-refractivity contribution < 1.29 is 9.50 Å². The van der Waals surface area contributed by atoms with E-state index >= 15 is 0 Å². The van der Waals surface area contributed by atoms with Gasteiger partial charge in [0.15, 0.2) is 0 Å². The highest BCUT2D eigenvalue weighted by Crippen LogP contribution is 2.60. The third-order valence-electron chi connectivity index (χ3n) is 4.62. The lowest BCUT2D eigenvalue weighted by molar-refractivity contribution is -0.122. The van der Waals surface area contributed by atoms with Crippen molar-refractivity contribution in [1.82, 2.24) is 0 Å². The van der Waals surface area contributed by atoms with E-state index in [0.29, 0.717) is 18.4 Å². The molecule has 1 nitrogen and oxygen atoms in total. The molecule has 13 heavy (non-hydrogen) atoms. The smallest absolute Gasteiger partial charge is 0.106 e. The van der Waals surface area contributed by atoms with E-state index in [1.807, 2.05) is 0 Å². The molecular formula is C11H17FO. The van der Waals surface area contributed by atoms with Gasteiger partial charge in [0.05, 0.1) is 0 Å². The topological polar surface area (TPSA) is 20.2 Å². The Balaban J connectivity index is 1.92. The molecular weight excluding hydrogens is 167 g/mol. The third kappa shape index (κ3) is 1.01. The van der Waals surface area contributed by atoms with Crippen molar-refractivity contribution >= 4 is 0 Å². The third-order valence-corrected chi connectivity index (χ3v) is 4.62. The molecule has 4 rings (SSSR count). The van der Waals surface area contributed by atoms with Gasteiger partial charge in [-0.05, 0) is 55.3 Å². The second-order valence-electron chi connectivity index (χ2n) is 5.57. The molecule has 2 atom stereocenters. The van der Waals surface area contributed by atoms with E-state index in [-0.39, 0.29) is 5.41 Å². The van der Waals surface area contributed by atoms with Crippen LogP contribution in [0.2, 0.25) is 0 Å². The van der Waals surface area contributed by atoms with Crippen LogP contribution in [-0.4, -0.2) is 17.9 Å². The van der Waals surface area contributed by atoms with Gasteiger partial charge in [-0.15, -0.1) is 0 Å². The highest BCUT2D eigenvalue weighted by atomic mass is 19.1. The van der Waals surface area contributed by atoms with Crippen LogP contribution in [0, 0.1) is 23.2 Å². The number of halogens is 1. The first-order valence-electron chi connectivity index (χ1n) is 5.47. The van der Waals surface area contributed by atoms with Gasteiger partial charge >= 0.3 is 0 Å². The molecule has 0 aromatic heterocycles. The van der Waals surface area contributed by atoms with E-state index in [1.165, 1.54) is 6.42 Å². The van der Waals surface area contributed by atoms with Crippen molar-refractivity contribution in [3.63, 3.8) is 0 Å². The summed E-state index contributed by atoms with van der Waals surface area (Å²) in [7, 11) is 0. The lowest BCUT2D eigenvalue weighted by Gasteiger charge is -2.57. The van der Waals surface area contributed by atoms with Gasteiger partial charge in [0, 0.05) is 6.61 Å². The Kier molecular flexibility index (Phi) is 1.56. The Morgan fingerprint density at radius 2 is 1.77 bits per heavy atom. The quantitative estimate of drug-likeness (QED) is 0.662. The minimum absolute atomic E-state index is 0.138. The molecule has 4 saturated carbocycles. The fourth-order valence-corrected chi connectivity index (χ4v) is 4.32. The summed E-state index contributed by atoms with van der Waals surface area (Å²) in [5.41, 5.74) is 0.138. The van der Waals surface area contributed by atoms with E-state index in [2.05, 4.69) is 0 Å². The second kappa shape index (κ2) is 2.47. The summed E-state index contributed by atoms with van der Waals surface area (Å²) < 4.78 is 13.7. The summed E-state index contributed by atoms with van der Waals surface area (Å²) >= 11 is 0. The molecule has 2 unspecified atom stereocenters. The molecule has 0 aromatic carbocycles. The van der Waals surface area contributed by atoms with E-state index in [4.69, 9.17) is 0 Å². The van der Waals surface area contributed by atoms with Crippen LogP contribution in [0.15, 0.2) is 0 Å². The van der Waals surface area contributed by atoms with Crippen LogP contribution < -0.4 is 0 Å². The lowest BCUT2D eigenvalue weighted by Crippen LogP contribution is -2.53. The Morgan fingerprint density at radius 1 is 1.15 bits per heavy atom. The Labute approximate surface area is 78.3 Å². The first kappa shape index (κ1) is 8.22. The van der Waals surface area contributed by atoms with Gasteiger partial charge in [0.2, 0.25) is 0 Å². The molecule has 0 spiro atoms. The largest absolute Gasteiger partial charge is 0.396 e. The maximum Gasteiger partial charge on any atom is 0.106 e. The van der Waals surface area contributed by atoms with Crippen molar-refractivity contribution in [2.24, 2.45) is 23.2 Å². The number of hydrogen-bond acceptors (Lipinski definition) is 1.